The van der Waals surface area contributed by atoms with Gasteiger partial charge < -0.3 is 9.30 Å². The van der Waals surface area contributed by atoms with Crippen molar-refractivity contribution < 1.29 is 9.13 Å². The van der Waals surface area contributed by atoms with Gasteiger partial charge in [0.15, 0.2) is 11.0 Å². The molecule has 2 aromatic carbocycles. The molecule has 0 unspecified atom stereocenters. The largest absolute Gasteiger partial charge is 0.485 e. The van der Waals surface area contributed by atoms with Gasteiger partial charge in [-0.25, -0.2) is 4.39 Å². The highest BCUT2D eigenvalue weighted by molar-refractivity contribution is 7.98. The molecule has 0 amide bonds. The predicted molar refractivity (Wildman–Crippen MR) is 107 cm³/mol. The zero-order valence-electron chi connectivity index (χ0n) is 15.5. The monoisotopic (exact) mass is 405 g/mol. The van der Waals surface area contributed by atoms with E-state index in [2.05, 4.69) is 16.3 Å². The summed E-state index contributed by atoms with van der Waals surface area (Å²) < 4.78 is 21.9. The number of rotatable bonds is 7. The minimum Gasteiger partial charge on any atom is -0.485 e. The van der Waals surface area contributed by atoms with Crippen molar-refractivity contribution in [1.29, 1.82) is 0 Å². The molecule has 0 aliphatic heterocycles. The molecule has 0 spiro atoms. The van der Waals surface area contributed by atoms with Gasteiger partial charge in [0.25, 0.3) is 0 Å². The maximum Gasteiger partial charge on any atom is 0.191 e. The Hall–Kier alpha value is -2.05. The molecule has 0 fully saturated rings. The lowest BCUT2D eigenvalue weighted by Crippen LogP contribution is -2.07. The van der Waals surface area contributed by atoms with E-state index in [0.29, 0.717) is 29.5 Å². The van der Waals surface area contributed by atoms with Gasteiger partial charge in [0, 0.05) is 22.9 Å². The third-order valence-corrected chi connectivity index (χ3v) is 5.56. The van der Waals surface area contributed by atoms with Crippen LogP contribution in [0.3, 0.4) is 0 Å². The van der Waals surface area contributed by atoms with E-state index in [0.717, 1.165) is 27.9 Å². The topological polar surface area (TPSA) is 39.9 Å². The van der Waals surface area contributed by atoms with Crippen molar-refractivity contribution in [2.75, 3.05) is 0 Å². The summed E-state index contributed by atoms with van der Waals surface area (Å²) in [5, 5.41) is 9.63. The summed E-state index contributed by atoms with van der Waals surface area (Å²) in [4.78, 5) is 0. The number of halogens is 2. The second kappa shape index (κ2) is 8.76. The summed E-state index contributed by atoms with van der Waals surface area (Å²) >= 11 is 7.51. The van der Waals surface area contributed by atoms with Crippen molar-refractivity contribution >= 4 is 23.4 Å². The summed E-state index contributed by atoms with van der Waals surface area (Å²) in [5.41, 5.74) is 2.69. The number of hydrogen-bond donors (Lipinski definition) is 0. The Bertz CT molecular complexity index is 925. The lowest BCUT2D eigenvalue weighted by atomic mass is 10.1. The standard InChI is InChI=1S/C20H21ClFN3OS/c1-4-25-19(11-26-18-10-13(2)8-9-14(18)3)23-24-20(25)27-12-15-16(21)6-5-7-17(15)22/h5-10H,4,11-12H2,1-3H3. The van der Waals surface area contributed by atoms with Gasteiger partial charge in [0.1, 0.15) is 18.2 Å². The highest BCUT2D eigenvalue weighted by Crippen LogP contribution is 2.28. The van der Waals surface area contributed by atoms with E-state index in [1.807, 2.05) is 37.5 Å². The minimum atomic E-state index is -0.309. The fourth-order valence-electron chi connectivity index (χ4n) is 2.66. The van der Waals surface area contributed by atoms with Crippen LogP contribution in [0.2, 0.25) is 5.02 Å². The molecule has 0 bridgehead atoms. The normalized spacial score (nSPS) is 11.0. The first kappa shape index (κ1) is 19.7. The van der Waals surface area contributed by atoms with E-state index in [9.17, 15) is 4.39 Å². The maximum atomic E-state index is 14.0. The van der Waals surface area contributed by atoms with Crippen LogP contribution in [0.1, 0.15) is 29.4 Å². The highest BCUT2D eigenvalue weighted by atomic mass is 35.5. The SMILES string of the molecule is CCn1c(COc2cc(C)ccc2C)nnc1SCc1c(F)cccc1Cl. The Labute approximate surface area is 167 Å². The van der Waals surface area contributed by atoms with Gasteiger partial charge in [-0.2, -0.15) is 0 Å². The van der Waals surface area contributed by atoms with Crippen LogP contribution >= 0.6 is 23.4 Å². The van der Waals surface area contributed by atoms with Crippen molar-refractivity contribution in [2.24, 2.45) is 0 Å². The molecule has 0 aliphatic rings. The lowest BCUT2D eigenvalue weighted by molar-refractivity contribution is 0.286. The molecule has 1 heterocycles. The molecule has 0 saturated heterocycles. The van der Waals surface area contributed by atoms with Gasteiger partial charge in [-0.3, -0.25) is 0 Å². The molecule has 1 aromatic heterocycles. The molecular weight excluding hydrogens is 385 g/mol. The third-order valence-electron chi connectivity index (χ3n) is 4.22. The molecule has 27 heavy (non-hydrogen) atoms. The van der Waals surface area contributed by atoms with Gasteiger partial charge in [0.05, 0.1) is 0 Å². The molecule has 0 radical (unpaired) electrons. The summed E-state index contributed by atoms with van der Waals surface area (Å²) in [6.07, 6.45) is 0. The summed E-state index contributed by atoms with van der Waals surface area (Å²) in [7, 11) is 0. The molecule has 0 N–H and O–H groups in total. The fraction of sp³-hybridized carbons (Fsp3) is 0.300. The van der Waals surface area contributed by atoms with Gasteiger partial charge in [-0.1, -0.05) is 41.6 Å². The first-order valence-corrected chi connectivity index (χ1v) is 10.0. The second-order valence-electron chi connectivity index (χ2n) is 6.19. The van der Waals surface area contributed by atoms with Gasteiger partial charge in [-0.05, 0) is 50.1 Å². The summed E-state index contributed by atoms with van der Waals surface area (Å²) in [6, 6.07) is 10.8. The molecule has 3 aromatic rings. The van der Waals surface area contributed by atoms with Crippen LogP contribution in [-0.2, 0) is 18.9 Å². The average molecular weight is 406 g/mol. The van der Waals surface area contributed by atoms with E-state index in [4.69, 9.17) is 16.3 Å². The van der Waals surface area contributed by atoms with Crippen LogP contribution in [0, 0.1) is 19.7 Å². The van der Waals surface area contributed by atoms with Crippen LogP contribution in [0.15, 0.2) is 41.6 Å². The number of aromatic nitrogens is 3. The number of benzene rings is 2. The van der Waals surface area contributed by atoms with Crippen molar-refractivity contribution in [3.63, 3.8) is 0 Å². The first-order valence-electron chi connectivity index (χ1n) is 8.67. The number of thioether (sulfide) groups is 1. The van der Waals surface area contributed by atoms with Crippen LogP contribution in [0.5, 0.6) is 5.75 Å². The Morgan fingerprint density at radius 2 is 2.00 bits per heavy atom. The Morgan fingerprint density at radius 3 is 2.74 bits per heavy atom. The maximum absolute atomic E-state index is 14.0. The minimum absolute atomic E-state index is 0.309. The number of hydrogen-bond acceptors (Lipinski definition) is 4. The zero-order chi connectivity index (χ0) is 19.4. The molecule has 3 rings (SSSR count). The Balaban J connectivity index is 1.72. The van der Waals surface area contributed by atoms with Crippen LogP contribution in [-0.4, -0.2) is 14.8 Å². The fourth-order valence-corrected chi connectivity index (χ4v) is 4.03. The van der Waals surface area contributed by atoms with E-state index >= 15 is 0 Å². The second-order valence-corrected chi connectivity index (χ2v) is 7.54. The first-order chi connectivity index (χ1) is 13.0. The van der Waals surface area contributed by atoms with Gasteiger partial charge in [-0.15, -0.1) is 10.2 Å². The van der Waals surface area contributed by atoms with Crippen LogP contribution in [0.4, 0.5) is 4.39 Å². The quantitative estimate of drug-likeness (QED) is 0.481. The summed E-state index contributed by atoms with van der Waals surface area (Å²) in [5.74, 6) is 1.66. The van der Waals surface area contributed by atoms with E-state index < -0.39 is 0 Å². The van der Waals surface area contributed by atoms with E-state index in [1.165, 1.54) is 17.8 Å². The molecule has 7 heteroatoms. The molecule has 0 saturated carbocycles. The van der Waals surface area contributed by atoms with Crippen molar-refractivity contribution in [3.05, 3.63) is 69.8 Å². The molecular formula is C20H21ClFN3OS. The van der Waals surface area contributed by atoms with Gasteiger partial charge >= 0.3 is 0 Å². The van der Waals surface area contributed by atoms with Gasteiger partial charge in [0.2, 0.25) is 0 Å². The molecule has 0 aliphatic carbocycles. The summed E-state index contributed by atoms with van der Waals surface area (Å²) in [6.45, 7) is 7.09. The van der Waals surface area contributed by atoms with Crippen molar-refractivity contribution in [1.82, 2.24) is 14.8 Å². The number of ether oxygens (including phenoxy) is 1. The average Bonchev–Trinajstić information content (AvgIpc) is 3.04. The molecule has 4 nitrogen and oxygen atoms in total. The van der Waals surface area contributed by atoms with Crippen LogP contribution < -0.4 is 4.74 Å². The third kappa shape index (κ3) is 4.62. The predicted octanol–water partition coefficient (Wildman–Crippen LogP) is 5.58. The molecule has 142 valence electrons. The lowest BCUT2D eigenvalue weighted by Gasteiger charge is -2.11. The molecule has 0 atom stereocenters. The van der Waals surface area contributed by atoms with Crippen LogP contribution in [0.25, 0.3) is 0 Å². The number of aryl methyl sites for hydroxylation is 2. The Morgan fingerprint density at radius 1 is 1.19 bits per heavy atom. The van der Waals surface area contributed by atoms with E-state index in [-0.39, 0.29) is 5.82 Å². The smallest absolute Gasteiger partial charge is 0.191 e. The number of nitrogens with zero attached hydrogens (tertiary/aromatic N) is 3. The highest BCUT2D eigenvalue weighted by Gasteiger charge is 2.15. The van der Waals surface area contributed by atoms with Crippen molar-refractivity contribution in [2.45, 2.75) is 44.8 Å². The Kier molecular flexibility index (Phi) is 6.39. The van der Waals surface area contributed by atoms with E-state index in [1.54, 1.807) is 12.1 Å². The van der Waals surface area contributed by atoms with Crippen molar-refractivity contribution in [3.8, 4) is 5.75 Å². The zero-order valence-corrected chi connectivity index (χ0v) is 17.1.